The van der Waals surface area contributed by atoms with Crippen LogP contribution in [0.5, 0.6) is 0 Å². The number of hydrogen-bond donors (Lipinski definition) is 1. The van der Waals surface area contributed by atoms with Crippen molar-refractivity contribution in [3.05, 3.63) is 29.3 Å². The van der Waals surface area contributed by atoms with Crippen LogP contribution in [0.15, 0.2) is 18.2 Å². The molecule has 1 unspecified atom stereocenters. The number of alkyl halides is 3. The molecule has 1 aliphatic heterocycles. The van der Waals surface area contributed by atoms with Crippen molar-refractivity contribution in [2.24, 2.45) is 0 Å². The number of rotatable bonds is 0. The monoisotopic (exact) mass is 243 g/mol. The molecule has 1 nitrogen and oxygen atoms in total. The summed E-state index contributed by atoms with van der Waals surface area (Å²) in [5, 5.41) is 3.28. The summed E-state index contributed by atoms with van der Waals surface area (Å²) in [5.74, 6) is 0.142. The van der Waals surface area contributed by atoms with E-state index in [1.165, 1.54) is 12.1 Å². The number of hydrogen-bond acceptors (Lipinski definition) is 1. The quantitative estimate of drug-likeness (QED) is 0.712. The first kappa shape index (κ1) is 12.3. The van der Waals surface area contributed by atoms with Crippen LogP contribution in [0.2, 0.25) is 0 Å². The van der Waals surface area contributed by atoms with Crippen LogP contribution >= 0.6 is 0 Å². The fourth-order valence-electron chi connectivity index (χ4n) is 2.55. The first-order valence-corrected chi connectivity index (χ1v) is 5.68. The Morgan fingerprint density at radius 1 is 1.29 bits per heavy atom. The third kappa shape index (κ3) is 2.40. The van der Waals surface area contributed by atoms with Crippen LogP contribution in [-0.2, 0) is 6.18 Å². The molecule has 17 heavy (non-hydrogen) atoms. The summed E-state index contributed by atoms with van der Waals surface area (Å²) < 4.78 is 37.8. The lowest BCUT2D eigenvalue weighted by Crippen LogP contribution is -2.36. The van der Waals surface area contributed by atoms with Crippen LogP contribution in [0.25, 0.3) is 0 Å². The molecule has 0 aliphatic carbocycles. The molecule has 0 aromatic heterocycles. The molecule has 1 aromatic carbocycles. The van der Waals surface area contributed by atoms with Gasteiger partial charge in [0.1, 0.15) is 0 Å². The Balaban J connectivity index is 2.44. The Kier molecular flexibility index (Phi) is 2.64. The summed E-state index contributed by atoms with van der Waals surface area (Å²) in [7, 11) is 0. The lowest BCUT2D eigenvalue weighted by Gasteiger charge is -2.37. The molecule has 0 saturated carbocycles. The molecule has 0 saturated heterocycles. The number of halogens is 3. The van der Waals surface area contributed by atoms with Crippen molar-refractivity contribution in [2.45, 2.75) is 44.8 Å². The Bertz CT molecular complexity index is 435. The van der Waals surface area contributed by atoms with Gasteiger partial charge in [-0.1, -0.05) is 6.92 Å². The van der Waals surface area contributed by atoms with Crippen LogP contribution in [0.1, 0.15) is 44.2 Å². The SMILES string of the molecule is CC1CC(C)(C)Nc2ccc(C(F)(F)F)cc21. The second-order valence-corrected chi connectivity index (χ2v) is 5.41. The van der Waals surface area contributed by atoms with Crippen molar-refractivity contribution in [3.8, 4) is 0 Å². The van der Waals surface area contributed by atoms with E-state index in [2.05, 4.69) is 19.2 Å². The average Bonchev–Trinajstić information content (AvgIpc) is 2.13. The fraction of sp³-hybridized carbons (Fsp3) is 0.538. The Labute approximate surface area is 99.0 Å². The van der Waals surface area contributed by atoms with Gasteiger partial charge in [0.05, 0.1) is 5.56 Å². The first-order valence-electron chi connectivity index (χ1n) is 5.68. The van der Waals surface area contributed by atoms with E-state index < -0.39 is 11.7 Å². The lowest BCUT2D eigenvalue weighted by atomic mass is 9.81. The highest BCUT2D eigenvalue weighted by Crippen LogP contribution is 2.41. The van der Waals surface area contributed by atoms with Crippen molar-refractivity contribution in [1.29, 1.82) is 0 Å². The smallest absolute Gasteiger partial charge is 0.380 e. The highest BCUT2D eigenvalue weighted by molar-refractivity contribution is 5.58. The van der Waals surface area contributed by atoms with Crippen LogP contribution in [0.4, 0.5) is 18.9 Å². The summed E-state index contributed by atoms with van der Waals surface area (Å²) in [6.45, 7) is 6.09. The van der Waals surface area contributed by atoms with Gasteiger partial charge in [0.25, 0.3) is 0 Å². The van der Waals surface area contributed by atoms with E-state index in [4.69, 9.17) is 0 Å². The largest absolute Gasteiger partial charge is 0.416 e. The Morgan fingerprint density at radius 2 is 1.94 bits per heavy atom. The molecule has 0 spiro atoms. The predicted octanol–water partition coefficient (Wildman–Crippen LogP) is 4.40. The molecule has 2 rings (SSSR count). The zero-order chi connectivity index (χ0) is 12.8. The van der Waals surface area contributed by atoms with Gasteiger partial charge < -0.3 is 5.32 Å². The van der Waals surface area contributed by atoms with Gasteiger partial charge in [-0.2, -0.15) is 13.2 Å². The fourth-order valence-corrected chi connectivity index (χ4v) is 2.55. The summed E-state index contributed by atoms with van der Waals surface area (Å²) in [6.07, 6.45) is -3.43. The van der Waals surface area contributed by atoms with E-state index in [1.54, 1.807) is 0 Å². The number of benzene rings is 1. The minimum absolute atomic E-state index is 0.0633. The molecule has 0 bridgehead atoms. The zero-order valence-corrected chi connectivity index (χ0v) is 10.2. The normalized spacial score (nSPS) is 22.8. The molecule has 0 amide bonds. The van der Waals surface area contributed by atoms with Crippen molar-refractivity contribution < 1.29 is 13.2 Å². The van der Waals surface area contributed by atoms with Gasteiger partial charge in [-0.3, -0.25) is 0 Å². The number of nitrogens with one attached hydrogen (secondary N) is 1. The van der Waals surface area contributed by atoms with Gasteiger partial charge in [0.15, 0.2) is 0 Å². The molecular weight excluding hydrogens is 227 g/mol. The first-order chi connectivity index (χ1) is 7.69. The van der Waals surface area contributed by atoms with Crippen LogP contribution in [0.3, 0.4) is 0 Å². The summed E-state index contributed by atoms with van der Waals surface area (Å²) in [5.41, 5.74) is 0.956. The average molecular weight is 243 g/mol. The maximum absolute atomic E-state index is 12.6. The van der Waals surface area contributed by atoms with Crippen molar-refractivity contribution >= 4 is 5.69 Å². The third-order valence-electron chi connectivity index (χ3n) is 3.20. The highest BCUT2D eigenvalue weighted by Gasteiger charge is 2.34. The second-order valence-electron chi connectivity index (χ2n) is 5.41. The predicted molar refractivity (Wildman–Crippen MR) is 62.2 cm³/mol. The minimum Gasteiger partial charge on any atom is -0.380 e. The van der Waals surface area contributed by atoms with E-state index in [-0.39, 0.29) is 11.5 Å². The Hall–Kier alpha value is -1.19. The van der Waals surface area contributed by atoms with Gasteiger partial charge in [0, 0.05) is 11.2 Å². The van der Waals surface area contributed by atoms with Gasteiger partial charge in [0.2, 0.25) is 0 Å². The summed E-state index contributed by atoms with van der Waals surface area (Å²) in [4.78, 5) is 0. The molecule has 94 valence electrons. The maximum atomic E-state index is 12.6. The molecule has 0 fully saturated rings. The molecule has 0 radical (unpaired) electrons. The van der Waals surface area contributed by atoms with E-state index >= 15 is 0 Å². The van der Waals surface area contributed by atoms with E-state index in [0.717, 1.165) is 23.7 Å². The summed E-state index contributed by atoms with van der Waals surface area (Å²) in [6, 6.07) is 3.94. The molecule has 1 N–H and O–H groups in total. The van der Waals surface area contributed by atoms with Crippen molar-refractivity contribution in [2.75, 3.05) is 5.32 Å². The molecule has 1 heterocycles. The van der Waals surface area contributed by atoms with Gasteiger partial charge in [-0.15, -0.1) is 0 Å². The van der Waals surface area contributed by atoms with Crippen LogP contribution in [-0.4, -0.2) is 5.54 Å². The number of anilines is 1. The molecule has 4 heteroatoms. The lowest BCUT2D eigenvalue weighted by molar-refractivity contribution is -0.137. The third-order valence-corrected chi connectivity index (χ3v) is 3.20. The van der Waals surface area contributed by atoms with E-state index in [9.17, 15) is 13.2 Å². The topological polar surface area (TPSA) is 12.0 Å². The molecule has 1 aromatic rings. The van der Waals surface area contributed by atoms with Crippen LogP contribution in [0, 0.1) is 0 Å². The zero-order valence-electron chi connectivity index (χ0n) is 10.2. The molecule has 1 aliphatic rings. The maximum Gasteiger partial charge on any atom is 0.416 e. The van der Waals surface area contributed by atoms with E-state index in [0.29, 0.717) is 0 Å². The minimum atomic E-state index is -4.26. The van der Waals surface area contributed by atoms with Gasteiger partial charge >= 0.3 is 6.18 Å². The standard InChI is InChI=1S/C13H16F3N/c1-8-7-12(2,3)17-11-5-4-9(6-10(8)11)13(14,15)16/h4-6,8,17H,7H2,1-3H3. The molecule has 1 atom stereocenters. The van der Waals surface area contributed by atoms with Gasteiger partial charge in [-0.25, -0.2) is 0 Å². The molecular formula is C13H16F3N. The van der Waals surface area contributed by atoms with Crippen molar-refractivity contribution in [3.63, 3.8) is 0 Å². The second kappa shape index (κ2) is 3.65. The highest BCUT2D eigenvalue weighted by atomic mass is 19.4. The van der Waals surface area contributed by atoms with Gasteiger partial charge in [-0.05, 0) is 49.9 Å². The van der Waals surface area contributed by atoms with Crippen molar-refractivity contribution in [1.82, 2.24) is 0 Å². The van der Waals surface area contributed by atoms with E-state index in [1.807, 2.05) is 6.92 Å². The Morgan fingerprint density at radius 3 is 2.53 bits per heavy atom. The number of fused-ring (bicyclic) bond motifs is 1. The van der Waals surface area contributed by atoms with Crippen LogP contribution < -0.4 is 5.32 Å². The summed E-state index contributed by atoms with van der Waals surface area (Å²) >= 11 is 0.